The summed E-state index contributed by atoms with van der Waals surface area (Å²) in [6, 6.07) is 7.47. The number of halogens is 1. The Morgan fingerprint density at radius 3 is 2.66 bits per heavy atom. The standard InChI is InChI=1S/C21H24ClN3O2S2/c1-5-16(14-6-8-15(22)9-7-14)23-19(26)13(4)28-10-17-24-20(27)18-11(2)12(3)29-21(18)25-17/h6-9,13,16H,5,10H2,1-4H3,(H,23,26)(H,24,25,27). The second-order valence-electron chi connectivity index (χ2n) is 6.95. The molecule has 0 saturated heterocycles. The van der Waals surface area contributed by atoms with E-state index in [4.69, 9.17) is 11.6 Å². The highest BCUT2D eigenvalue weighted by atomic mass is 35.5. The molecule has 0 fully saturated rings. The van der Waals surface area contributed by atoms with Crippen molar-refractivity contribution in [2.24, 2.45) is 0 Å². The maximum Gasteiger partial charge on any atom is 0.259 e. The van der Waals surface area contributed by atoms with Gasteiger partial charge in [-0.15, -0.1) is 23.1 Å². The zero-order valence-corrected chi connectivity index (χ0v) is 19.2. The van der Waals surface area contributed by atoms with Crippen molar-refractivity contribution in [2.45, 2.75) is 51.2 Å². The molecule has 1 aromatic carbocycles. The number of nitrogens with one attached hydrogen (secondary N) is 2. The molecule has 2 N–H and O–H groups in total. The lowest BCUT2D eigenvalue weighted by molar-refractivity contribution is -0.121. The number of aromatic nitrogens is 2. The van der Waals surface area contributed by atoms with Crippen LogP contribution in [0.25, 0.3) is 10.2 Å². The Bertz CT molecular complexity index is 1080. The molecule has 3 rings (SSSR count). The smallest absolute Gasteiger partial charge is 0.259 e. The van der Waals surface area contributed by atoms with Crippen LogP contribution < -0.4 is 10.9 Å². The van der Waals surface area contributed by atoms with Crippen LogP contribution in [-0.4, -0.2) is 21.1 Å². The number of carbonyl (C=O) groups excluding carboxylic acids is 1. The number of benzene rings is 1. The first-order valence-corrected chi connectivity index (χ1v) is 11.7. The molecule has 3 aromatic rings. The fourth-order valence-electron chi connectivity index (χ4n) is 3.05. The zero-order valence-electron chi connectivity index (χ0n) is 16.8. The number of H-pyrrole nitrogens is 1. The van der Waals surface area contributed by atoms with Crippen molar-refractivity contribution in [3.8, 4) is 0 Å². The maximum atomic E-state index is 12.7. The second-order valence-corrected chi connectivity index (χ2v) is 9.92. The van der Waals surface area contributed by atoms with Crippen molar-refractivity contribution in [1.29, 1.82) is 0 Å². The van der Waals surface area contributed by atoms with Crippen molar-refractivity contribution >= 4 is 50.8 Å². The molecule has 1 amide bonds. The number of thiophene rings is 1. The van der Waals surface area contributed by atoms with Gasteiger partial charge in [0.05, 0.1) is 22.4 Å². The van der Waals surface area contributed by atoms with Gasteiger partial charge in [0.15, 0.2) is 0 Å². The Morgan fingerprint density at radius 2 is 2.00 bits per heavy atom. The van der Waals surface area contributed by atoms with Crippen LogP contribution >= 0.6 is 34.7 Å². The van der Waals surface area contributed by atoms with Gasteiger partial charge in [-0.3, -0.25) is 9.59 Å². The SMILES string of the molecule is CCC(NC(=O)C(C)SCc1nc2sc(C)c(C)c2c(=O)[nH]1)c1ccc(Cl)cc1. The summed E-state index contributed by atoms with van der Waals surface area (Å²) in [5.41, 5.74) is 1.90. The van der Waals surface area contributed by atoms with Gasteiger partial charge in [0.1, 0.15) is 10.7 Å². The molecule has 0 spiro atoms. The van der Waals surface area contributed by atoms with Crippen LogP contribution in [0.3, 0.4) is 0 Å². The first-order valence-electron chi connectivity index (χ1n) is 9.46. The molecular weight excluding hydrogens is 426 g/mol. The highest BCUT2D eigenvalue weighted by Crippen LogP contribution is 2.27. The lowest BCUT2D eigenvalue weighted by atomic mass is 10.0. The van der Waals surface area contributed by atoms with E-state index < -0.39 is 0 Å². The van der Waals surface area contributed by atoms with Crippen molar-refractivity contribution in [2.75, 3.05) is 0 Å². The predicted octanol–water partition coefficient (Wildman–Crippen LogP) is 5.14. The van der Waals surface area contributed by atoms with Crippen LogP contribution in [-0.2, 0) is 10.5 Å². The average Bonchev–Trinajstić information content (AvgIpc) is 2.98. The maximum absolute atomic E-state index is 12.7. The van der Waals surface area contributed by atoms with E-state index in [0.29, 0.717) is 22.0 Å². The molecule has 2 aromatic heterocycles. The van der Waals surface area contributed by atoms with E-state index >= 15 is 0 Å². The number of hydrogen-bond acceptors (Lipinski definition) is 5. The molecule has 0 radical (unpaired) electrons. The summed E-state index contributed by atoms with van der Waals surface area (Å²) in [7, 11) is 0. The Hall–Kier alpha value is -1.83. The van der Waals surface area contributed by atoms with Crippen LogP contribution in [0, 0.1) is 13.8 Å². The summed E-state index contributed by atoms with van der Waals surface area (Å²) in [5, 5.41) is 4.17. The molecule has 2 atom stereocenters. The minimum Gasteiger partial charge on any atom is -0.348 e. The zero-order chi connectivity index (χ0) is 21.1. The number of nitrogens with zero attached hydrogens (tertiary/aromatic N) is 1. The molecule has 2 unspecified atom stereocenters. The van der Waals surface area contributed by atoms with Gasteiger partial charge >= 0.3 is 0 Å². The van der Waals surface area contributed by atoms with E-state index in [1.54, 1.807) is 0 Å². The number of thioether (sulfide) groups is 1. The van der Waals surface area contributed by atoms with Crippen LogP contribution in [0.15, 0.2) is 29.1 Å². The lowest BCUT2D eigenvalue weighted by Crippen LogP contribution is -2.34. The second kappa shape index (κ2) is 9.32. The number of carbonyl (C=O) groups is 1. The molecule has 154 valence electrons. The Balaban J connectivity index is 1.64. The van der Waals surface area contributed by atoms with E-state index in [-0.39, 0.29) is 22.8 Å². The molecule has 0 aliphatic heterocycles. The number of hydrogen-bond donors (Lipinski definition) is 2. The molecule has 0 saturated carbocycles. The third-order valence-electron chi connectivity index (χ3n) is 4.92. The summed E-state index contributed by atoms with van der Waals surface area (Å²) in [6.07, 6.45) is 0.785. The molecule has 8 heteroatoms. The van der Waals surface area contributed by atoms with Crippen LogP contribution in [0.5, 0.6) is 0 Å². The molecule has 29 heavy (non-hydrogen) atoms. The minimum absolute atomic E-state index is 0.0389. The summed E-state index contributed by atoms with van der Waals surface area (Å²) >= 11 is 8.93. The van der Waals surface area contributed by atoms with Gasteiger partial charge in [0.25, 0.3) is 5.56 Å². The number of rotatable bonds is 7. The topological polar surface area (TPSA) is 74.8 Å². The fraction of sp³-hybridized carbons (Fsp3) is 0.381. The summed E-state index contributed by atoms with van der Waals surface area (Å²) < 4.78 is 0. The minimum atomic E-state index is -0.274. The largest absolute Gasteiger partial charge is 0.348 e. The normalized spacial score (nSPS) is 13.4. The van der Waals surface area contributed by atoms with Gasteiger partial charge in [-0.05, 0) is 50.5 Å². The fourth-order valence-corrected chi connectivity index (χ4v) is 4.99. The van der Waals surface area contributed by atoms with Crippen LogP contribution in [0.4, 0.5) is 0 Å². The van der Waals surface area contributed by atoms with Crippen molar-refractivity contribution < 1.29 is 4.79 Å². The van der Waals surface area contributed by atoms with E-state index in [1.165, 1.54) is 23.1 Å². The van der Waals surface area contributed by atoms with Crippen LogP contribution in [0.2, 0.25) is 5.02 Å². The number of aryl methyl sites for hydroxylation is 2. The van der Waals surface area contributed by atoms with Gasteiger partial charge in [-0.1, -0.05) is 30.7 Å². The molecule has 0 aliphatic rings. The van der Waals surface area contributed by atoms with Crippen molar-refractivity contribution in [1.82, 2.24) is 15.3 Å². The highest BCUT2D eigenvalue weighted by Gasteiger charge is 2.19. The summed E-state index contributed by atoms with van der Waals surface area (Å²) in [4.78, 5) is 34.3. The monoisotopic (exact) mass is 449 g/mol. The molecular formula is C21H24ClN3O2S2. The number of amides is 1. The molecule has 0 bridgehead atoms. The van der Waals surface area contributed by atoms with E-state index in [1.807, 2.05) is 52.0 Å². The highest BCUT2D eigenvalue weighted by molar-refractivity contribution is 7.99. The van der Waals surface area contributed by atoms with E-state index in [9.17, 15) is 9.59 Å². The summed E-state index contributed by atoms with van der Waals surface area (Å²) in [6.45, 7) is 7.83. The lowest BCUT2D eigenvalue weighted by Gasteiger charge is -2.20. The van der Waals surface area contributed by atoms with Gasteiger partial charge < -0.3 is 10.3 Å². The Labute approximate surface area is 183 Å². The number of aromatic amines is 1. The van der Waals surface area contributed by atoms with Crippen molar-refractivity contribution in [3.05, 3.63) is 61.5 Å². The van der Waals surface area contributed by atoms with Gasteiger partial charge in [-0.2, -0.15) is 0 Å². The third kappa shape index (κ3) is 5.02. The number of fused-ring (bicyclic) bond motifs is 1. The van der Waals surface area contributed by atoms with Gasteiger partial charge in [0.2, 0.25) is 5.91 Å². The van der Waals surface area contributed by atoms with E-state index in [2.05, 4.69) is 15.3 Å². The molecule has 0 aliphatic carbocycles. The Kier molecular flexibility index (Phi) is 7.03. The van der Waals surface area contributed by atoms with Crippen LogP contribution in [0.1, 0.15) is 48.1 Å². The Morgan fingerprint density at radius 1 is 1.31 bits per heavy atom. The van der Waals surface area contributed by atoms with Gasteiger partial charge in [-0.25, -0.2) is 4.98 Å². The first kappa shape index (κ1) is 21.9. The van der Waals surface area contributed by atoms with Gasteiger partial charge in [0, 0.05) is 9.90 Å². The molecule has 5 nitrogen and oxygen atoms in total. The summed E-state index contributed by atoms with van der Waals surface area (Å²) in [5.74, 6) is 1.02. The van der Waals surface area contributed by atoms with Crippen molar-refractivity contribution in [3.63, 3.8) is 0 Å². The van der Waals surface area contributed by atoms with E-state index in [0.717, 1.165) is 27.3 Å². The average molecular weight is 450 g/mol. The quantitative estimate of drug-likeness (QED) is 0.523. The predicted molar refractivity (Wildman–Crippen MR) is 123 cm³/mol. The third-order valence-corrected chi connectivity index (χ3v) is 7.43. The first-order chi connectivity index (χ1) is 13.8. The molecule has 2 heterocycles.